The number of Topliss-reactive ketones (excluding diaryl/α,β-unsaturated/α-hetero) is 2. The second kappa shape index (κ2) is 19.6. The smallest absolute Gasteiger partial charge is 0.375 e. The molecule has 0 fully saturated rings. The van der Waals surface area contributed by atoms with E-state index < -0.39 is 29.4 Å². The highest BCUT2D eigenvalue weighted by atomic mass is 35.5. The molecular formula is C36H30Cl6N4O6. The summed E-state index contributed by atoms with van der Waals surface area (Å²) >= 11 is 35.2. The molecule has 0 aliphatic rings. The fourth-order valence-corrected chi connectivity index (χ4v) is 5.65. The largest absolute Gasteiger partial charge is 0.476 e. The van der Waals surface area contributed by atoms with Gasteiger partial charge in [-0.25, -0.2) is 14.3 Å². The van der Waals surface area contributed by atoms with Crippen molar-refractivity contribution in [3.8, 4) is 16.9 Å². The lowest BCUT2D eigenvalue weighted by atomic mass is 9.95. The number of aromatic nitrogens is 2. The summed E-state index contributed by atoms with van der Waals surface area (Å²) in [4.78, 5) is 46.2. The van der Waals surface area contributed by atoms with Crippen molar-refractivity contribution in [2.24, 2.45) is 11.8 Å². The predicted molar refractivity (Wildman–Crippen MR) is 207 cm³/mol. The van der Waals surface area contributed by atoms with Crippen molar-refractivity contribution in [3.63, 3.8) is 0 Å². The van der Waals surface area contributed by atoms with Crippen LogP contribution in [0.5, 0.6) is 0 Å². The molecule has 0 aliphatic carbocycles. The van der Waals surface area contributed by atoms with Crippen molar-refractivity contribution in [2.75, 3.05) is 12.0 Å². The highest BCUT2D eigenvalue weighted by Gasteiger charge is 2.29. The van der Waals surface area contributed by atoms with E-state index in [-0.39, 0.29) is 12.3 Å². The third-order valence-corrected chi connectivity index (χ3v) is 8.65. The van der Waals surface area contributed by atoms with Gasteiger partial charge in [0.05, 0.1) is 39.6 Å². The number of nitrogens with two attached hydrogens (primary N) is 1. The molecule has 5 rings (SSSR count). The van der Waals surface area contributed by atoms with Crippen LogP contribution in [0.4, 0.5) is 5.69 Å². The maximum Gasteiger partial charge on any atom is 0.375 e. The lowest BCUT2D eigenvalue weighted by Crippen LogP contribution is -2.29. The molecular weight excluding hydrogens is 797 g/mol. The van der Waals surface area contributed by atoms with Crippen molar-refractivity contribution < 1.29 is 29.0 Å². The number of carboxylic acid groups (broad SMARTS) is 1. The molecule has 52 heavy (non-hydrogen) atoms. The molecule has 272 valence electrons. The Hall–Kier alpha value is -4.13. The van der Waals surface area contributed by atoms with Crippen LogP contribution in [0.1, 0.15) is 40.3 Å². The number of carboxylic acids is 1. The van der Waals surface area contributed by atoms with Gasteiger partial charge in [0.15, 0.2) is 11.5 Å². The van der Waals surface area contributed by atoms with Crippen LogP contribution in [0.25, 0.3) is 16.9 Å². The predicted octanol–water partition coefficient (Wildman–Crippen LogP) is 10.1. The number of halogens is 6. The molecule has 1 atom stereocenters. The van der Waals surface area contributed by atoms with Gasteiger partial charge in [-0.05, 0) is 93.6 Å². The van der Waals surface area contributed by atoms with E-state index >= 15 is 0 Å². The SMILES string of the molecule is CCOC(=O)C(=O)C(C)C(=O)c1ccc(Cl)cc1.Cc1c(C(=O)O)nn(-c2ccc(Cl)cc2Cl)c1-c1ccc(Cl)cc1.NNc1ccc(Cl)cc1Cl. The van der Waals surface area contributed by atoms with Crippen molar-refractivity contribution in [1.82, 2.24) is 9.78 Å². The van der Waals surface area contributed by atoms with Crippen LogP contribution in [0.15, 0.2) is 84.9 Å². The number of ketones is 2. The molecule has 0 aliphatic heterocycles. The Morgan fingerprint density at radius 1 is 0.808 bits per heavy atom. The molecule has 5 aromatic rings. The molecule has 1 aromatic heterocycles. The fourth-order valence-electron chi connectivity index (χ4n) is 4.44. The van der Waals surface area contributed by atoms with Crippen molar-refractivity contribution in [1.29, 1.82) is 0 Å². The summed E-state index contributed by atoms with van der Waals surface area (Å²) in [5.41, 5.74) is 5.90. The number of ether oxygens (including phenoxy) is 1. The summed E-state index contributed by atoms with van der Waals surface area (Å²) in [6, 6.07) is 23.2. The van der Waals surface area contributed by atoms with E-state index in [9.17, 15) is 24.3 Å². The molecule has 0 bridgehead atoms. The molecule has 1 heterocycles. The molecule has 0 saturated heterocycles. The van der Waals surface area contributed by atoms with Gasteiger partial charge in [0.2, 0.25) is 0 Å². The minimum Gasteiger partial charge on any atom is -0.476 e. The Morgan fingerprint density at radius 3 is 1.83 bits per heavy atom. The molecule has 0 spiro atoms. The molecule has 4 N–H and O–H groups in total. The maximum absolute atomic E-state index is 11.9. The van der Waals surface area contributed by atoms with Gasteiger partial charge in [0, 0.05) is 36.8 Å². The van der Waals surface area contributed by atoms with Crippen molar-refractivity contribution in [3.05, 3.63) is 132 Å². The standard InChI is InChI=1S/C17H11Cl3N2O2.C13H13ClO4.C6H6Cl2N2/c1-9-15(17(23)24)21-22(14-7-6-12(19)8-13(14)20)16(9)10-2-4-11(18)5-3-10;1-3-18-13(17)12(16)8(2)11(15)9-4-6-10(14)7-5-9;7-4-1-2-6(10-9)5(8)3-4/h2-8H,1H3,(H,23,24);4-8H,3H2,1-2H3;1-3,10H,9H2. The zero-order valence-corrected chi connectivity index (χ0v) is 32.1. The van der Waals surface area contributed by atoms with E-state index in [2.05, 4.69) is 15.3 Å². The molecule has 16 heteroatoms. The van der Waals surface area contributed by atoms with Crippen LogP contribution in [-0.2, 0) is 14.3 Å². The lowest BCUT2D eigenvalue weighted by Gasteiger charge is -2.11. The van der Waals surface area contributed by atoms with E-state index in [0.717, 1.165) is 5.56 Å². The number of rotatable bonds is 9. The molecule has 0 saturated carbocycles. The summed E-state index contributed by atoms with van der Waals surface area (Å²) in [5, 5.41) is 16.7. The highest BCUT2D eigenvalue weighted by molar-refractivity contribution is 6.39. The number of hydrogen-bond acceptors (Lipinski definition) is 8. The first-order valence-electron chi connectivity index (χ1n) is 15.1. The number of hydrogen-bond donors (Lipinski definition) is 3. The summed E-state index contributed by atoms with van der Waals surface area (Å²) in [5.74, 6) is 0.726. The van der Waals surface area contributed by atoms with Crippen LogP contribution in [0.3, 0.4) is 0 Å². The summed E-state index contributed by atoms with van der Waals surface area (Å²) < 4.78 is 6.08. The average molecular weight is 827 g/mol. The number of carbonyl (C=O) groups is 4. The first-order chi connectivity index (χ1) is 24.6. The van der Waals surface area contributed by atoms with Gasteiger partial charge in [-0.3, -0.25) is 15.4 Å². The lowest BCUT2D eigenvalue weighted by molar-refractivity contribution is -0.154. The number of nitrogens with zero attached hydrogens (tertiary/aromatic N) is 2. The van der Waals surface area contributed by atoms with E-state index in [4.69, 9.17) is 75.4 Å². The fraction of sp³-hybridized carbons (Fsp3) is 0.139. The van der Waals surface area contributed by atoms with Gasteiger partial charge >= 0.3 is 11.9 Å². The first-order valence-corrected chi connectivity index (χ1v) is 17.3. The maximum atomic E-state index is 11.9. The number of benzene rings is 4. The molecule has 1 unspecified atom stereocenters. The Morgan fingerprint density at radius 2 is 1.33 bits per heavy atom. The van der Waals surface area contributed by atoms with E-state index in [0.29, 0.717) is 58.3 Å². The van der Waals surface area contributed by atoms with Crippen LogP contribution in [0.2, 0.25) is 30.1 Å². The Labute approximate surface area is 329 Å². The summed E-state index contributed by atoms with van der Waals surface area (Å²) in [6.07, 6.45) is 0. The number of anilines is 1. The van der Waals surface area contributed by atoms with Gasteiger partial charge in [-0.2, -0.15) is 5.10 Å². The van der Waals surface area contributed by atoms with E-state index in [1.807, 2.05) is 0 Å². The van der Waals surface area contributed by atoms with Crippen LogP contribution < -0.4 is 11.3 Å². The number of carbonyl (C=O) groups excluding carboxylic acids is 3. The Bertz CT molecular complexity index is 2070. The summed E-state index contributed by atoms with van der Waals surface area (Å²) in [6.45, 7) is 4.79. The third kappa shape index (κ3) is 11.2. The van der Waals surface area contributed by atoms with Gasteiger partial charge < -0.3 is 15.3 Å². The number of esters is 1. The third-order valence-electron chi connectivity index (χ3n) is 7.06. The molecule has 0 amide bonds. The minimum absolute atomic E-state index is 0.0361. The molecule has 0 radical (unpaired) electrons. The van der Waals surface area contributed by atoms with Gasteiger partial charge in [-0.15, -0.1) is 0 Å². The number of nitrogens with one attached hydrogen (secondary N) is 1. The normalized spacial score (nSPS) is 10.9. The Balaban J connectivity index is 0.000000229. The van der Waals surface area contributed by atoms with Gasteiger partial charge in [0.1, 0.15) is 0 Å². The van der Waals surface area contributed by atoms with E-state index in [1.165, 1.54) is 23.7 Å². The van der Waals surface area contributed by atoms with Gasteiger partial charge in [-0.1, -0.05) is 81.7 Å². The van der Waals surface area contributed by atoms with Crippen molar-refractivity contribution in [2.45, 2.75) is 20.8 Å². The minimum atomic E-state index is -1.11. The van der Waals surface area contributed by atoms with Crippen LogP contribution in [0, 0.1) is 12.8 Å². The second-order valence-electron chi connectivity index (χ2n) is 10.6. The number of nitrogen functional groups attached to an aromatic ring is 1. The van der Waals surface area contributed by atoms with E-state index in [1.54, 1.807) is 86.6 Å². The topological polar surface area (TPSA) is 154 Å². The van der Waals surface area contributed by atoms with Crippen LogP contribution in [-0.4, -0.2) is 45.0 Å². The zero-order chi connectivity index (χ0) is 38.7. The molecule has 4 aromatic carbocycles. The Kier molecular flexibility index (Phi) is 16.0. The monoisotopic (exact) mass is 824 g/mol. The highest BCUT2D eigenvalue weighted by Crippen LogP contribution is 2.33. The number of hydrazine groups is 1. The quantitative estimate of drug-likeness (QED) is 0.0329. The molecule has 10 nitrogen and oxygen atoms in total. The zero-order valence-electron chi connectivity index (χ0n) is 27.6. The second-order valence-corrected chi connectivity index (χ2v) is 13.1. The van der Waals surface area contributed by atoms with Gasteiger partial charge in [0.25, 0.3) is 5.78 Å². The number of aromatic carboxylic acids is 1. The van der Waals surface area contributed by atoms with Crippen molar-refractivity contribution >= 4 is 98.8 Å². The summed E-state index contributed by atoms with van der Waals surface area (Å²) in [7, 11) is 0. The average Bonchev–Trinajstić information content (AvgIpc) is 3.45. The van der Waals surface area contributed by atoms with Crippen LogP contribution >= 0.6 is 69.6 Å². The first kappa shape index (κ1) is 42.3.